The lowest BCUT2D eigenvalue weighted by atomic mass is 10.0. The second-order valence-electron chi connectivity index (χ2n) is 4.43. The summed E-state index contributed by atoms with van der Waals surface area (Å²) in [6.45, 7) is 1.86. The van der Waals surface area contributed by atoms with Gasteiger partial charge in [-0.05, 0) is 42.9 Å². The fourth-order valence-electron chi connectivity index (χ4n) is 1.77. The largest absolute Gasteiger partial charge is 0.325 e. The maximum absolute atomic E-state index is 13.4. The van der Waals surface area contributed by atoms with Crippen LogP contribution in [0.5, 0.6) is 0 Å². The molecule has 0 radical (unpaired) electrons. The average Bonchev–Trinajstić information content (AvgIpc) is 2.89. The second kappa shape index (κ2) is 3.56. The monoisotopic (exact) mass is 211 g/mol. The lowest BCUT2D eigenvalue weighted by molar-refractivity contribution is 0.550. The zero-order chi connectivity index (χ0) is 11.1. The minimum Gasteiger partial charge on any atom is -0.325 e. The maximum atomic E-state index is 13.4. The SMILES string of the molecule is CCc1cc(CC2(N)CC2)c(F)cc1F. The van der Waals surface area contributed by atoms with E-state index in [1.165, 1.54) is 0 Å². The molecule has 82 valence electrons. The van der Waals surface area contributed by atoms with E-state index >= 15 is 0 Å². The summed E-state index contributed by atoms with van der Waals surface area (Å²) < 4.78 is 26.6. The van der Waals surface area contributed by atoms with E-state index in [-0.39, 0.29) is 5.54 Å². The smallest absolute Gasteiger partial charge is 0.129 e. The number of nitrogens with two attached hydrogens (primary N) is 1. The molecule has 15 heavy (non-hydrogen) atoms. The molecule has 0 aromatic heterocycles. The molecular weight excluding hydrogens is 196 g/mol. The van der Waals surface area contributed by atoms with E-state index in [9.17, 15) is 8.78 Å². The van der Waals surface area contributed by atoms with Crippen molar-refractivity contribution in [3.63, 3.8) is 0 Å². The van der Waals surface area contributed by atoms with E-state index in [4.69, 9.17) is 5.73 Å². The van der Waals surface area contributed by atoms with Crippen molar-refractivity contribution in [1.82, 2.24) is 0 Å². The molecule has 2 N–H and O–H groups in total. The molecule has 1 saturated carbocycles. The van der Waals surface area contributed by atoms with Gasteiger partial charge in [0.1, 0.15) is 11.6 Å². The quantitative estimate of drug-likeness (QED) is 0.817. The van der Waals surface area contributed by atoms with Gasteiger partial charge >= 0.3 is 0 Å². The Morgan fingerprint density at radius 3 is 2.33 bits per heavy atom. The Balaban J connectivity index is 2.29. The number of halogens is 2. The van der Waals surface area contributed by atoms with E-state index in [1.54, 1.807) is 6.07 Å². The Morgan fingerprint density at radius 2 is 1.80 bits per heavy atom. The summed E-state index contributed by atoms with van der Waals surface area (Å²) in [5.41, 5.74) is 6.80. The van der Waals surface area contributed by atoms with Gasteiger partial charge in [-0.3, -0.25) is 0 Å². The summed E-state index contributed by atoms with van der Waals surface area (Å²) >= 11 is 0. The molecule has 1 fully saturated rings. The van der Waals surface area contributed by atoms with Crippen molar-refractivity contribution < 1.29 is 8.78 Å². The van der Waals surface area contributed by atoms with Crippen molar-refractivity contribution >= 4 is 0 Å². The zero-order valence-corrected chi connectivity index (χ0v) is 8.82. The van der Waals surface area contributed by atoms with Crippen LogP contribution < -0.4 is 5.73 Å². The molecule has 0 spiro atoms. The molecular formula is C12H15F2N. The van der Waals surface area contributed by atoms with Crippen LogP contribution in [-0.2, 0) is 12.8 Å². The summed E-state index contributed by atoms with van der Waals surface area (Å²) in [7, 11) is 0. The Hall–Kier alpha value is -0.960. The first-order chi connectivity index (χ1) is 7.04. The van der Waals surface area contributed by atoms with Gasteiger partial charge in [0.05, 0.1) is 0 Å². The van der Waals surface area contributed by atoms with E-state index in [1.807, 2.05) is 6.92 Å². The topological polar surface area (TPSA) is 26.0 Å². The summed E-state index contributed by atoms with van der Waals surface area (Å²) in [6.07, 6.45) is 2.97. The Bertz CT molecular complexity index is 383. The molecule has 1 aliphatic rings. The molecule has 0 amide bonds. The van der Waals surface area contributed by atoms with Crippen molar-refractivity contribution in [1.29, 1.82) is 0 Å². The fraction of sp³-hybridized carbons (Fsp3) is 0.500. The molecule has 1 aromatic carbocycles. The van der Waals surface area contributed by atoms with Crippen LogP contribution in [0.4, 0.5) is 8.78 Å². The Labute approximate surface area is 88.3 Å². The molecule has 1 aromatic rings. The van der Waals surface area contributed by atoms with Gasteiger partial charge < -0.3 is 5.73 Å². The highest BCUT2D eigenvalue weighted by Gasteiger charge is 2.38. The van der Waals surface area contributed by atoms with Crippen LogP contribution in [-0.4, -0.2) is 5.54 Å². The van der Waals surface area contributed by atoms with Crippen LogP contribution in [0.15, 0.2) is 12.1 Å². The van der Waals surface area contributed by atoms with Crippen molar-refractivity contribution in [2.75, 3.05) is 0 Å². The molecule has 2 rings (SSSR count). The number of hydrogen-bond acceptors (Lipinski definition) is 1. The van der Waals surface area contributed by atoms with E-state index < -0.39 is 11.6 Å². The number of aryl methyl sites for hydroxylation is 1. The van der Waals surface area contributed by atoms with Gasteiger partial charge in [0.15, 0.2) is 0 Å². The van der Waals surface area contributed by atoms with Crippen LogP contribution in [0.25, 0.3) is 0 Å². The number of rotatable bonds is 3. The van der Waals surface area contributed by atoms with Crippen LogP contribution in [0.2, 0.25) is 0 Å². The highest BCUT2D eigenvalue weighted by atomic mass is 19.1. The Kier molecular flexibility index (Phi) is 2.51. The first kappa shape index (κ1) is 10.6. The second-order valence-corrected chi connectivity index (χ2v) is 4.43. The lowest BCUT2D eigenvalue weighted by Crippen LogP contribution is -2.25. The molecule has 0 atom stereocenters. The van der Waals surface area contributed by atoms with Crippen LogP contribution in [0, 0.1) is 11.6 Å². The number of hydrogen-bond donors (Lipinski definition) is 1. The van der Waals surface area contributed by atoms with Gasteiger partial charge in [-0.2, -0.15) is 0 Å². The molecule has 3 heteroatoms. The van der Waals surface area contributed by atoms with Crippen molar-refractivity contribution in [3.05, 3.63) is 34.9 Å². The van der Waals surface area contributed by atoms with Crippen molar-refractivity contribution in [2.24, 2.45) is 5.73 Å². The standard InChI is InChI=1S/C12H15F2N/c1-2-8-5-9(7-12(15)3-4-12)11(14)6-10(8)13/h5-6H,2-4,7,15H2,1H3. The number of benzene rings is 1. The van der Waals surface area contributed by atoms with Gasteiger partial charge in [-0.1, -0.05) is 6.92 Å². The molecule has 1 aliphatic carbocycles. The normalized spacial score (nSPS) is 17.9. The summed E-state index contributed by atoms with van der Waals surface area (Å²) in [4.78, 5) is 0. The third-order valence-corrected chi connectivity index (χ3v) is 3.03. The molecule has 0 aliphatic heterocycles. The minimum absolute atomic E-state index is 0.232. The lowest BCUT2D eigenvalue weighted by Gasteiger charge is -2.11. The van der Waals surface area contributed by atoms with Gasteiger partial charge in [0, 0.05) is 11.6 Å². The maximum Gasteiger partial charge on any atom is 0.129 e. The van der Waals surface area contributed by atoms with Crippen LogP contribution in [0.1, 0.15) is 30.9 Å². The minimum atomic E-state index is -0.471. The predicted octanol–water partition coefficient (Wildman–Crippen LogP) is 2.56. The van der Waals surface area contributed by atoms with Crippen LogP contribution >= 0.6 is 0 Å². The Morgan fingerprint density at radius 1 is 1.20 bits per heavy atom. The summed E-state index contributed by atoms with van der Waals surface area (Å²) in [5.74, 6) is -0.929. The molecule has 0 heterocycles. The third-order valence-electron chi connectivity index (χ3n) is 3.03. The first-order valence-electron chi connectivity index (χ1n) is 5.30. The third kappa shape index (κ3) is 2.17. The van der Waals surface area contributed by atoms with E-state index in [0.29, 0.717) is 24.0 Å². The van der Waals surface area contributed by atoms with Crippen molar-refractivity contribution in [3.8, 4) is 0 Å². The van der Waals surface area contributed by atoms with E-state index in [2.05, 4.69) is 0 Å². The van der Waals surface area contributed by atoms with Crippen LogP contribution in [0.3, 0.4) is 0 Å². The zero-order valence-electron chi connectivity index (χ0n) is 8.82. The predicted molar refractivity (Wildman–Crippen MR) is 55.6 cm³/mol. The molecule has 0 saturated heterocycles. The van der Waals surface area contributed by atoms with Gasteiger partial charge in [0.25, 0.3) is 0 Å². The first-order valence-corrected chi connectivity index (χ1v) is 5.30. The highest BCUT2D eigenvalue weighted by Crippen LogP contribution is 2.36. The van der Waals surface area contributed by atoms with Gasteiger partial charge in [0.2, 0.25) is 0 Å². The van der Waals surface area contributed by atoms with Gasteiger partial charge in [-0.15, -0.1) is 0 Å². The molecule has 0 unspecified atom stereocenters. The summed E-state index contributed by atoms with van der Waals surface area (Å²) in [5, 5.41) is 0. The van der Waals surface area contributed by atoms with Crippen molar-refractivity contribution in [2.45, 2.75) is 38.1 Å². The molecule has 1 nitrogen and oxygen atoms in total. The summed E-state index contributed by atoms with van der Waals surface area (Å²) in [6, 6.07) is 2.58. The fourth-order valence-corrected chi connectivity index (χ4v) is 1.77. The van der Waals surface area contributed by atoms with E-state index in [0.717, 1.165) is 18.9 Å². The highest BCUT2D eigenvalue weighted by molar-refractivity contribution is 5.29. The average molecular weight is 211 g/mol. The molecule has 0 bridgehead atoms. The van der Waals surface area contributed by atoms with Gasteiger partial charge in [-0.25, -0.2) is 8.78 Å².